The lowest BCUT2D eigenvalue weighted by Gasteiger charge is -2.34. The second kappa shape index (κ2) is 29.9. The van der Waals surface area contributed by atoms with E-state index in [0.29, 0.717) is 81.6 Å². The lowest BCUT2D eigenvalue weighted by atomic mass is 9.77. The number of rotatable bonds is 29. The number of anilines is 4. The SMILES string of the molecule is C=C(NCc1ccc(-c2sccc2C)cc1)[C@@H]1CC(=O)CC1C(=O)[C@@H](NC(=O)CCCCCOCCOCCNC(=O)CN1CCC(c2ccc(Nc3ncc(C)c(Nc4cccc(C(=O)C(=O)NC(C)(C)C)c4)n3)cc2)CC1)C(C)(C)C. The number of amides is 3. The molecular weight excluding hydrogens is 1070 g/mol. The molecule has 1 saturated carbocycles. The van der Waals surface area contributed by atoms with E-state index in [2.05, 4.69) is 108 Å². The van der Waals surface area contributed by atoms with E-state index in [9.17, 15) is 28.8 Å². The topological polar surface area (TPSA) is 222 Å². The number of allylic oxidation sites excluding steroid dienone is 1. The third-order valence-electron chi connectivity index (χ3n) is 15.0. The van der Waals surface area contributed by atoms with Crippen molar-refractivity contribution >= 4 is 69.5 Å². The predicted octanol–water partition coefficient (Wildman–Crippen LogP) is 10.3. The smallest absolute Gasteiger partial charge is 0.292 e. The van der Waals surface area contributed by atoms with E-state index in [1.165, 1.54) is 21.6 Å². The van der Waals surface area contributed by atoms with Gasteiger partial charge < -0.3 is 41.4 Å². The van der Waals surface area contributed by atoms with E-state index < -0.39 is 34.6 Å². The number of nitrogens with one attached hydrogen (secondary N) is 6. The highest BCUT2D eigenvalue weighted by Gasteiger charge is 2.45. The molecule has 3 atom stereocenters. The zero-order valence-electron chi connectivity index (χ0n) is 49.7. The third kappa shape index (κ3) is 19.5. The molecule has 1 aliphatic carbocycles. The van der Waals surface area contributed by atoms with Gasteiger partial charge in [0.25, 0.3) is 5.91 Å². The quantitative estimate of drug-likeness (QED) is 0.0149. The number of carbonyl (C=O) groups excluding carboxylic acids is 6. The first-order valence-corrected chi connectivity index (χ1v) is 30.0. The Morgan fingerprint density at radius 1 is 0.771 bits per heavy atom. The molecule has 0 spiro atoms. The standard InChI is InChI=1S/C65H85N9O8S/c1-42-27-35-83-59(42)48-19-17-45(18-20-48)40-67-44(3)53-37-52(75)38-54(53)58(79)60(64(4,5)6)71-55(76)16-11-10-12-31-81-33-34-82-32-28-66-56(77)41-74-29-25-47(26-30-74)46-21-23-50(24-22-46)70-63-68-39-43(2)61(72-63)69-51-15-13-14-49(36-51)57(78)62(80)73-65(7,8)9/h13-15,17-24,27,35-36,39,47,53-54,60,67H,3,10-12,16,25-26,28-34,37-38,40-41H2,1-2,4-9H3,(H,66,77)(H,71,76)(H,73,80)(H2,68,69,70,72)/t53-,54?,60+/m0/s1. The normalized spacial score (nSPS) is 16.2. The average Bonchev–Trinajstić information content (AvgIpc) is 4.16. The van der Waals surface area contributed by atoms with E-state index in [1.54, 1.807) is 35.7 Å². The van der Waals surface area contributed by atoms with Crippen LogP contribution in [0.5, 0.6) is 0 Å². The van der Waals surface area contributed by atoms with Gasteiger partial charge in [-0.15, -0.1) is 11.3 Å². The van der Waals surface area contributed by atoms with Crippen LogP contribution in [0.3, 0.4) is 0 Å². The Kier molecular flexibility index (Phi) is 22.9. The van der Waals surface area contributed by atoms with Gasteiger partial charge in [-0.2, -0.15) is 4.98 Å². The van der Waals surface area contributed by atoms with Crippen molar-refractivity contribution in [2.75, 3.05) is 63.2 Å². The number of ketones is 3. The molecule has 17 nitrogen and oxygen atoms in total. The fourth-order valence-corrected chi connectivity index (χ4v) is 11.3. The number of aryl methyl sites for hydroxylation is 2. The van der Waals surface area contributed by atoms with Crippen LogP contribution in [0, 0.1) is 31.1 Å². The molecule has 3 aromatic carbocycles. The number of nitrogens with zero attached hydrogens (tertiary/aromatic N) is 3. The summed E-state index contributed by atoms with van der Waals surface area (Å²) in [6.45, 7) is 24.3. The minimum Gasteiger partial charge on any atom is -0.384 e. The molecule has 0 bridgehead atoms. The highest BCUT2D eigenvalue weighted by atomic mass is 32.1. The molecule has 3 amide bonds. The molecule has 0 radical (unpaired) electrons. The average molecular weight is 1150 g/mol. The predicted molar refractivity (Wildman–Crippen MR) is 328 cm³/mol. The number of Topliss-reactive ketones (excluding diaryl/α,β-unsaturated/α-hetero) is 3. The molecule has 2 fully saturated rings. The summed E-state index contributed by atoms with van der Waals surface area (Å²) >= 11 is 1.72. The summed E-state index contributed by atoms with van der Waals surface area (Å²) in [5.74, 6) is -1.11. The Morgan fingerprint density at radius 3 is 2.17 bits per heavy atom. The zero-order chi connectivity index (χ0) is 59.7. The molecule has 83 heavy (non-hydrogen) atoms. The van der Waals surface area contributed by atoms with Crippen LogP contribution in [0.25, 0.3) is 10.4 Å². The van der Waals surface area contributed by atoms with Crippen molar-refractivity contribution in [3.05, 3.63) is 131 Å². The Balaban J connectivity index is 0.712. The lowest BCUT2D eigenvalue weighted by Crippen LogP contribution is -2.52. The summed E-state index contributed by atoms with van der Waals surface area (Å²) < 4.78 is 11.5. The number of aromatic nitrogens is 2. The van der Waals surface area contributed by atoms with Crippen LogP contribution in [0.15, 0.2) is 103 Å². The van der Waals surface area contributed by atoms with Crippen molar-refractivity contribution in [2.45, 2.75) is 131 Å². The molecule has 18 heteroatoms. The summed E-state index contributed by atoms with van der Waals surface area (Å²) in [6, 6.07) is 24.8. The number of unbranched alkanes of at least 4 members (excludes halogenated alkanes) is 2. The fraction of sp³-hybridized carbons (Fsp3) is 0.477. The van der Waals surface area contributed by atoms with E-state index in [-0.39, 0.29) is 54.1 Å². The number of hydrogen-bond acceptors (Lipinski definition) is 15. The van der Waals surface area contributed by atoms with Crippen LogP contribution in [-0.4, -0.2) is 114 Å². The highest BCUT2D eigenvalue weighted by molar-refractivity contribution is 7.13. The van der Waals surface area contributed by atoms with Crippen LogP contribution in [0.1, 0.15) is 131 Å². The number of benzene rings is 3. The van der Waals surface area contributed by atoms with Gasteiger partial charge in [0, 0.05) is 95.6 Å². The van der Waals surface area contributed by atoms with E-state index in [4.69, 9.17) is 9.47 Å². The third-order valence-corrected chi connectivity index (χ3v) is 16.1. The number of piperidine rings is 1. The fourth-order valence-electron chi connectivity index (χ4n) is 10.4. The van der Waals surface area contributed by atoms with Crippen molar-refractivity contribution in [2.24, 2.45) is 17.3 Å². The van der Waals surface area contributed by atoms with Crippen LogP contribution in [0.2, 0.25) is 0 Å². The molecular formula is C65H85N9O8S. The van der Waals surface area contributed by atoms with Gasteiger partial charge in [-0.05, 0) is 143 Å². The Labute approximate surface area is 494 Å². The van der Waals surface area contributed by atoms with Crippen molar-refractivity contribution < 1.29 is 38.2 Å². The molecule has 444 valence electrons. The molecule has 5 aromatic rings. The molecule has 2 aromatic heterocycles. The summed E-state index contributed by atoms with van der Waals surface area (Å²) in [4.78, 5) is 90.9. The number of carbonyl (C=O) groups is 6. The van der Waals surface area contributed by atoms with Gasteiger partial charge in [-0.1, -0.05) is 82.3 Å². The minimum absolute atomic E-state index is 0.0270. The second-order valence-corrected chi connectivity index (χ2v) is 25.0. The molecule has 1 saturated heterocycles. The minimum atomic E-state index is -0.738. The van der Waals surface area contributed by atoms with Crippen molar-refractivity contribution in [3.8, 4) is 10.4 Å². The maximum Gasteiger partial charge on any atom is 0.292 e. The van der Waals surface area contributed by atoms with Crippen molar-refractivity contribution in [1.82, 2.24) is 36.1 Å². The Morgan fingerprint density at radius 2 is 1.48 bits per heavy atom. The number of thiophene rings is 1. The van der Waals surface area contributed by atoms with Crippen molar-refractivity contribution in [1.29, 1.82) is 0 Å². The van der Waals surface area contributed by atoms with E-state index in [0.717, 1.165) is 55.6 Å². The molecule has 1 unspecified atom stereocenters. The maximum absolute atomic E-state index is 14.2. The van der Waals surface area contributed by atoms with Crippen molar-refractivity contribution in [3.63, 3.8) is 0 Å². The van der Waals surface area contributed by atoms with Gasteiger partial charge in [0.15, 0.2) is 5.78 Å². The Hall–Kier alpha value is -7.12. The molecule has 7 rings (SSSR count). The molecule has 1 aliphatic heterocycles. The first-order chi connectivity index (χ1) is 39.6. The van der Waals surface area contributed by atoms with Gasteiger partial charge in [0.05, 0.1) is 32.4 Å². The van der Waals surface area contributed by atoms with Crippen LogP contribution in [0.4, 0.5) is 23.1 Å². The maximum atomic E-state index is 14.2. The van der Waals surface area contributed by atoms with Crippen LogP contribution in [-0.2, 0) is 40.0 Å². The largest absolute Gasteiger partial charge is 0.384 e. The number of likely N-dealkylation sites (tertiary alicyclic amines) is 1. The molecule has 2 aliphatic rings. The monoisotopic (exact) mass is 1150 g/mol. The van der Waals surface area contributed by atoms with Gasteiger partial charge in [0.1, 0.15) is 11.6 Å². The summed E-state index contributed by atoms with van der Waals surface area (Å²) in [5, 5.41) is 20.8. The number of ether oxygens (including phenoxy) is 2. The Bertz CT molecular complexity index is 3030. The first-order valence-electron chi connectivity index (χ1n) is 29.1. The van der Waals surface area contributed by atoms with Gasteiger partial charge >= 0.3 is 0 Å². The lowest BCUT2D eigenvalue weighted by molar-refractivity contribution is -0.133. The second-order valence-electron chi connectivity index (χ2n) is 24.1. The summed E-state index contributed by atoms with van der Waals surface area (Å²) in [5.41, 5.74) is 6.87. The summed E-state index contributed by atoms with van der Waals surface area (Å²) in [6.07, 6.45) is 6.52. The zero-order valence-corrected chi connectivity index (χ0v) is 50.5. The first kappa shape index (κ1) is 63.5. The van der Waals surface area contributed by atoms with Gasteiger partial charge in [-0.25, -0.2) is 4.98 Å². The highest BCUT2D eigenvalue weighted by Crippen LogP contribution is 2.38. The van der Waals surface area contributed by atoms with E-state index >= 15 is 0 Å². The van der Waals surface area contributed by atoms with Gasteiger partial charge in [-0.3, -0.25) is 33.7 Å². The van der Waals surface area contributed by atoms with Crippen LogP contribution >= 0.6 is 11.3 Å². The molecule has 6 N–H and O–H groups in total. The van der Waals surface area contributed by atoms with E-state index in [1.807, 2.05) is 66.7 Å². The molecule has 3 heterocycles. The number of hydrogen-bond donors (Lipinski definition) is 6. The van der Waals surface area contributed by atoms with Crippen LogP contribution < -0.4 is 31.9 Å². The van der Waals surface area contributed by atoms with Gasteiger partial charge in [0.2, 0.25) is 23.5 Å². The summed E-state index contributed by atoms with van der Waals surface area (Å²) in [7, 11) is 0.